The summed E-state index contributed by atoms with van der Waals surface area (Å²) in [6.45, 7) is 4.63. The third-order valence-electron chi connectivity index (χ3n) is 7.87. The highest BCUT2D eigenvalue weighted by atomic mass is 32.2. The summed E-state index contributed by atoms with van der Waals surface area (Å²) in [7, 11) is 0. The maximum Gasteiger partial charge on any atom is 0.231 e. The molecule has 8 nitrogen and oxygen atoms in total. The minimum Gasteiger partial charge on any atom is -0.473 e. The molecule has 0 radical (unpaired) electrons. The van der Waals surface area contributed by atoms with E-state index in [2.05, 4.69) is 62.4 Å². The topological polar surface area (TPSA) is 85.4 Å². The van der Waals surface area contributed by atoms with Crippen molar-refractivity contribution < 1.29 is 14.2 Å². The predicted octanol–water partition coefficient (Wildman–Crippen LogP) is 6.59. The zero-order valence-corrected chi connectivity index (χ0v) is 24.5. The lowest BCUT2D eigenvalue weighted by molar-refractivity contribution is 0.0236. The molecule has 3 aromatic heterocycles. The number of ether oxygens (including phenoxy) is 3. The van der Waals surface area contributed by atoms with E-state index in [0.717, 1.165) is 77.5 Å². The SMILES string of the molecule is N#Cc1cc(-c2ccnc3c2cc(-c2ccc(N4CCOCC4)cc2)n3Sc2ccccc2)cnc1OC1CCOCC1. The third kappa shape index (κ3) is 5.82. The molecule has 2 fully saturated rings. The Morgan fingerprint density at radius 3 is 2.40 bits per heavy atom. The van der Waals surface area contributed by atoms with Gasteiger partial charge in [-0.05, 0) is 65.5 Å². The van der Waals surface area contributed by atoms with Crippen molar-refractivity contribution in [1.29, 1.82) is 5.26 Å². The number of rotatable bonds is 7. The molecule has 2 saturated heterocycles. The second-order valence-corrected chi connectivity index (χ2v) is 11.6. The number of morpholine rings is 1. The second-order valence-electron chi connectivity index (χ2n) is 10.6. The predicted molar refractivity (Wildman–Crippen MR) is 168 cm³/mol. The Balaban J connectivity index is 1.29. The van der Waals surface area contributed by atoms with Crippen molar-refractivity contribution in [2.24, 2.45) is 0 Å². The highest BCUT2D eigenvalue weighted by molar-refractivity contribution is 7.98. The molecule has 5 heterocycles. The first-order valence-electron chi connectivity index (χ1n) is 14.6. The van der Waals surface area contributed by atoms with Crippen molar-refractivity contribution >= 4 is 28.7 Å². The van der Waals surface area contributed by atoms with Gasteiger partial charge in [0.25, 0.3) is 0 Å². The molecule has 9 heteroatoms. The van der Waals surface area contributed by atoms with Gasteiger partial charge in [-0.25, -0.2) is 9.97 Å². The molecule has 0 unspecified atom stereocenters. The Morgan fingerprint density at radius 1 is 0.860 bits per heavy atom. The van der Waals surface area contributed by atoms with Crippen LogP contribution in [-0.4, -0.2) is 59.6 Å². The summed E-state index contributed by atoms with van der Waals surface area (Å²) in [5.74, 6) is 0.377. The standard InChI is InChI=1S/C34H31N5O3S/c35-22-25-20-26(23-37-34(25)42-28-11-16-40-17-12-28)30-10-13-36-33-31(30)21-32(39(33)43-29-4-2-1-3-5-29)24-6-8-27(9-7-24)38-14-18-41-19-15-38/h1-10,13,20-21,23,28H,11-12,14-19H2. The van der Waals surface area contributed by atoms with E-state index in [9.17, 15) is 5.26 Å². The van der Waals surface area contributed by atoms with Crippen LogP contribution in [0.1, 0.15) is 18.4 Å². The number of nitrogens with zero attached hydrogens (tertiary/aromatic N) is 5. The third-order valence-corrected chi connectivity index (χ3v) is 8.90. The number of hydrogen-bond acceptors (Lipinski definition) is 8. The van der Waals surface area contributed by atoms with Gasteiger partial charge in [0.2, 0.25) is 5.88 Å². The number of aromatic nitrogens is 3. The van der Waals surface area contributed by atoms with Crippen LogP contribution in [0.5, 0.6) is 5.88 Å². The van der Waals surface area contributed by atoms with Gasteiger partial charge in [0.15, 0.2) is 5.65 Å². The summed E-state index contributed by atoms with van der Waals surface area (Å²) in [4.78, 5) is 12.9. The van der Waals surface area contributed by atoms with E-state index in [1.165, 1.54) is 5.69 Å². The Bertz CT molecular complexity index is 1760. The summed E-state index contributed by atoms with van der Waals surface area (Å²) in [6.07, 6.45) is 5.21. The quantitative estimate of drug-likeness (QED) is 0.210. The number of benzene rings is 2. The van der Waals surface area contributed by atoms with Gasteiger partial charge in [-0.3, -0.25) is 3.97 Å². The Kier molecular flexibility index (Phi) is 7.97. The molecule has 2 aromatic carbocycles. The molecule has 0 amide bonds. The van der Waals surface area contributed by atoms with E-state index >= 15 is 0 Å². The zero-order chi connectivity index (χ0) is 29.0. The van der Waals surface area contributed by atoms with E-state index in [0.29, 0.717) is 24.7 Å². The monoisotopic (exact) mass is 589 g/mol. The summed E-state index contributed by atoms with van der Waals surface area (Å²) in [6, 6.07) is 27.4. The lowest BCUT2D eigenvalue weighted by Crippen LogP contribution is -2.36. The molecule has 0 spiro atoms. The van der Waals surface area contributed by atoms with Gasteiger partial charge in [0.1, 0.15) is 17.7 Å². The lowest BCUT2D eigenvalue weighted by Gasteiger charge is -2.28. The number of nitriles is 1. The van der Waals surface area contributed by atoms with Crippen LogP contribution in [0, 0.1) is 11.3 Å². The number of pyridine rings is 2. The Labute approximate surface area is 255 Å². The summed E-state index contributed by atoms with van der Waals surface area (Å²) in [5, 5.41) is 11.0. The normalized spacial score (nSPS) is 15.8. The van der Waals surface area contributed by atoms with Crippen LogP contribution in [0.15, 0.2) is 90.1 Å². The van der Waals surface area contributed by atoms with E-state index < -0.39 is 0 Å². The largest absolute Gasteiger partial charge is 0.473 e. The van der Waals surface area contributed by atoms with E-state index in [1.54, 1.807) is 18.1 Å². The highest BCUT2D eigenvalue weighted by Crippen LogP contribution is 2.39. The van der Waals surface area contributed by atoms with Crippen LogP contribution < -0.4 is 9.64 Å². The van der Waals surface area contributed by atoms with Crippen LogP contribution in [0.3, 0.4) is 0 Å². The summed E-state index contributed by atoms with van der Waals surface area (Å²) >= 11 is 1.64. The molecule has 5 aromatic rings. The zero-order valence-electron chi connectivity index (χ0n) is 23.7. The summed E-state index contributed by atoms with van der Waals surface area (Å²) in [5.41, 5.74) is 6.42. The van der Waals surface area contributed by atoms with Gasteiger partial charge < -0.3 is 19.1 Å². The van der Waals surface area contributed by atoms with Crippen LogP contribution in [0.2, 0.25) is 0 Å². The molecular weight excluding hydrogens is 558 g/mol. The average Bonchev–Trinajstić information content (AvgIpc) is 3.44. The van der Waals surface area contributed by atoms with Crippen molar-refractivity contribution in [1.82, 2.24) is 13.9 Å². The fraction of sp³-hybridized carbons (Fsp3) is 0.265. The van der Waals surface area contributed by atoms with Gasteiger partial charge in [0, 0.05) is 59.9 Å². The van der Waals surface area contributed by atoms with E-state index in [1.807, 2.05) is 36.5 Å². The van der Waals surface area contributed by atoms with E-state index in [4.69, 9.17) is 19.2 Å². The van der Waals surface area contributed by atoms with Crippen molar-refractivity contribution in [2.45, 2.75) is 23.8 Å². The molecule has 0 aliphatic carbocycles. The fourth-order valence-electron chi connectivity index (χ4n) is 5.60. The molecule has 0 bridgehead atoms. The maximum absolute atomic E-state index is 9.99. The van der Waals surface area contributed by atoms with Gasteiger partial charge >= 0.3 is 0 Å². The van der Waals surface area contributed by atoms with Gasteiger partial charge in [-0.15, -0.1) is 0 Å². The molecule has 216 valence electrons. The average molecular weight is 590 g/mol. The molecule has 2 aliphatic heterocycles. The molecule has 0 saturated carbocycles. The first-order chi connectivity index (χ1) is 21.3. The number of fused-ring (bicyclic) bond motifs is 1. The van der Waals surface area contributed by atoms with Crippen molar-refractivity contribution in [3.63, 3.8) is 0 Å². The van der Waals surface area contributed by atoms with Gasteiger partial charge in [-0.2, -0.15) is 5.26 Å². The van der Waals surface area contributed by atoms with E-state index in [-0.39, 0.29) is 6.10 Å². The van der Waals surface area contributed by atoms with Gasteiger partial charge in [-0.1, -0.05) is 30.3 Å². The number of anilines is 1. The summed E-state index contributed by atoms with van der Waals surface area (Å²) < 4.78 is 19.3. The van der Waals surface area contributed by atoms with Crippen molar-refractivity contribution in [2.75, 3.05) is 44.4 Å². The minimum atomic E-state index is 0.00747. The molecule has 2 aliphatic rings. The minimum absolute atomic E-state index is 0.00747. The van der Waals surface area contributed by atoms with Crippen molar-refractivity contribution in [3.8, 4) is 34.3 Å². The van der Waals surface area contributed by atoms with Crippen molar-refractivity contribution in [3.05, 3.63) is 90.8 Å². The van der Waals surface area contributed by atoms with Crippen LogP contribution in [-0.2, 0) is 9.47 Å². The first-order valence-corrected chi connectivity index (χ1v) is 15.4. The number of hydrogen-bond donors (Lipinski definition) is 0. The Hall–Kier alpha value is -4.36. The van der Waals surface area contributed by atoms with Gasteiger partial charge in [0.05, 0.1) is 32.1 Å². The maximum atomic E-state index is 9.99. The Morgan fingerprint density at radius 2 is 1.63 bits per heavy atom. The molecule has 0 atom stereocenters. The van der Waals surface area contributed by atoms with Crippen LogP contribution in [0.25, 0.3) is 33.4 Å². The second kappa shape index (κ2) is 12.5. The van der Waals surface area contributed by atoms with Crippen LogP contribution in [0.4, 0.5) is 5.69 Å². The highest BCUT2D eigenvalue weighted by Gasteiger charge is 2.21. The molecular formula is C34H31N5O3S. The van der Waals surface area contributed by atoms with Crippen LogP contribution >= 0.6 is 11.9 Å². The molecule has 7 rings (SSSR count). The molecule has 0 N–H and O–H groups in total. The molecule has 43 heavy (non-hydrogen) atoms. The fourth-order valence-corrected chi connectivity index (χ4v) is 6.58. The lowest BCUT2D eigenvalue weighted by atomic mass is 10.0. The smallest absolute Gasteiger partial charge is 0.231 e. The first kappa shape index (κ1) is 27.5.